The van der Waals surface area contributed by atoms with E-state index in [9.17, 15) is 4.79 Å². The molecular weight excluding hydrogens is 234 g/mol. The first-order chi connectivity index (χ1) is 8.79. The van der Waals surface area contributed by atoms with Crippen LogP contribution in [0.15, 0.2) is 12.1 Å². The summed E-state index contributed by atoms with van der Waals surface area (Å²) in [5.41, 5.74) is 0.212. The van der Waals surface area contributed by atoms with Gasteiger partial charge in [-0.05, 0) is 30.9 Å². The third kappa shape index (κ3) is 3.40. The van der Waals surface area contributed by atoms with E-state index in [4.69, 9.17) is 4.74 Å². The SMILES string of the molecule is COC(=O)c1ccc(NCC2CCCOC2)nn1. The number of rotatable bonds is 4. The number of carbonyl (C=O) groups excluding carboxylic acids is 1. The Kier molecular flexibility index (Phi) is 4.46. The van der Waals surface area contributed by atoms with Crippen molar-refractivity contribution in [3.05, 3.63) is 17.8 Å². The van der Waals surface area contributed by atoms with E-state index < -0.39 is 5.97 Å². The second-order valence-electron chi connectivity index (χ2n) is 4.26. The molecule has 0 saturated carbocycles. The minimum atomic E-state index is -0.477. The number of hydrogen-bond donors (Lipinski definition) is 1. The highest BCUT2D eigenvalue weighted by Gasteiger charge is 2.14. The van der Waals surface area contributed by atoms with Gasteiger partial charge in [0.1, 0.15) is 5.82 Å². The van der Waals surface area contributed by atoms with Crippen molar-refractivity contribution in [2.24, 2.45) is 5.92 Å². The fraction of sp³-hybridized carbons (Fsp3) is 0.583. The summed E-state index contributed by atoms with van der Waals surface area (Å²) in [6.45, 7) is 2.47. The Morgan fingerprint density at radius 1 is 1.56 bits per heavy atom. The van der Waals surface area contributed by atoms with Gasteiger partial charge in [0.25, 0.3) is 0 Å². The summed E-state index contributed by atoms with van der Waals surface area (Å²) in [6, 6.07) is 3.32. The molecule has 6 nitrogen and oxygen atoms in total. The highest BCUT2D eigenvalue weighted by Crippen LogP contribution is 2.14. The van der Waals surface area contributed by atoms with Gasteiger partial charge in [0, 0.05) is 13.2 Å². The van der Waals surface area contributed by atoms with Crippen LogP contribution in [0.2, 0.25) is 0 Å². The van der Waals surface area contributed by atoms with Gasteiger partial charge in [-0.2, -0.15) is 0 Å². The van der Waals surface area contributed by atoms with Crippen molar-refractivity contribution >= 4 is 11.8 Å². The first-order valence-corrected chi connectivity index (χ1v) is 6.03. The van der Waals surface area contributed by atoms with Gasteiger partial charge in [-0.15, -0.1) is 10.2 Å². The van der Waals surface area contributed by atoms with E-state index in [1.807, 2.05) is 0 Å². The van der Waals surface area contributed by atoms with Crippen molar-refractivity contribution in [1.82, 2.24) is 10.2 Å². The van der Waals surface area contributed by atoms with Crippen molar-refractivity contribution in [2.45, 2.75) is 12.8 Å². The summed E-state index contributed by atoms with van der Waals surface area (Å²) in [6.07, 6.45) is 2.28. The molecule has 0 radical (unpaired) electrons. The number of methoxy groups -OCH3 is 1. The molecule has 0 amide bonds. The zero-order valence-electron chi connectivity index (χ0n) is 10.4. The molecule has 1 aliphatic rings. The molecule has 2 heterocycles. The van der Waals surface area contributed by atoms with Gasteiger partial charge >= 0.3 is 5.97 Å². The molecule has 18 heavy (non-hydrogen) atoms. The predicted molar refractivity (Wildman–Crippen MR) is 65.4 cm³/mol. The summed E-state index contributed by atoms with van der Waals surface area (Å²) in [4.78, 5) is 11.2. The molecule has 0 aromatic carbocycles. The smallest absolute Gasteiger partial charge is 0.358 e. The Labute approximate surface area is 106 Å². The number of esters is 1. The molecule has 1 aromatic rings. The molecule has 0 bridgehead atoms. The van der Waals surface area contributed by atoms with Crippen LogP contribution in [0.1, 0.15) is 23.3 Å². The van der Waals surface area contributed by atoms with Crippen molar-refractivity contribution in [1.29, 1.82) is 0 Å². The molecule has 6 heteroatoms. The molecule has 98 valence electrons. The van der Waals surface area contributed by atoms with Crippen molar-refractivity contribution in [3.8, 4) is 0 Å². The largest absolute Gasteiger partial charge is 0.464 e. The molecule has 1 saturated heterocycles. The van der Waals surface area contributed by atoms with Gasteiger partial charge in [0.2, 0.25) is 0 Å². The second kappa shape index (κ2) is 6.30. The number of anilines is 1. The van der Waals surface area contributed by atoms with E-state index in [1.54, 1.807) is 12.1 Å². The van der Waals surface area contributed by atoms with E-state index in [-0.39, 0.29) is 5.69 Å². The van der Waals surface area contributed by atoms with Crippen LogP contribution in [0.5, 0.6) is 0 Å². The first kappa shape index (κ1) is 12.8. The minimum absolute atomic E-state index is 0.212. The predicted octanol–water partition coefficient (Wildman–Crippen LogP) is 1.10. The third-order valence-corrected chi connectivity index (χ3v) is 2.89. The van der Waals surface area contributed by atoms with Gasteiger partial charge in [-0.1, -0.05) is 0 Å². The summed E-state index contributed by atoms with van der Waals surface area (Å²) in [5.74, 6) is 0.698. The van der Waals surface area contributed by atoms with Crippen LogP contribution in [-0.4, -0.2) is 43.0 Å². The minimum Gasteiger partial charge on any atom is -0.464 e. The maximum absolute atomic E-state index is 11.2. The van der Waals surface area contributed by atoms with E-state index in [1.165, 1.54) is 13.5 Å². The molecule has 1 atom stereocenters. The van der Waals surface area contributed by atoms with Gasteiger partial charge in [-0.3, -0.25) is 0 Å². The van der Waals surface area contributed by atoms with Gasteiger partial charge in [0.15, 0.2) is 5.69 Å². The average Bonchev–Trinajstić information content (AvgIpc) is 2.46. The molecule has 1 unspecified atom stereocenters. The topological polar surface area (TPSA) is 73.3 Å². The van der Waals surface area contributed by atoms with Crippen molar-refractivity contribution in [2.75, 3.05) is 32.2 Å². The maximum Gasteiger partial charge on any atom is 0.358 e. The standard InChI is InChI=1S/C12H17N3O3/c1-17-12(16)10-4-5-11(15-14-10)13-7-9-3-2-6-18-8-9/h4-5,9H,2-3,6-8H2,1H3,(H,13,15). The lowest BCUT2D eigenvalue weighted by Crippen LogP contribution is -2.24. The fourth-order valence-corrected chi connectivity index (χ4v) is 1.86. The van der Waals surface area contributed by atoms with Crippen LogP contribution < -0.4 is 5.32 Å². The van der Waals surface area contributed by atoms with Gasteiger partial charge < -0.3 is 14.8 Å². The monoisotopic (exact) mass is 251 g/mol. The summed E-state index contributed by atoms with van der Waals surface area (Å²) < 4.78 is 9.95. The Bertz CT molecular complexity index is 388. The summed E-state index contributed by atoms with van der Waals surface area (Å²) >= 11 is 0. The maximum atomic E-state index is 11.2. The summed E-state index contributed by atoms with van der Waals surface area (Å²) in [5, 5.41) is 10.9. The number of aromatic nitrogens is 2. The molecule has 2 rings (SSSR count). The molecule has 0 aliphatic carbocycles. The highest BCUT2D eigenvalue weighted by atomic mass is 16.5. The van der Waals surface area contributed by atoms with Gasteiger partial charge in [-0.25, -0.2) is 4.79 Å². The zero-order chi connectivity index (χ0) is 12.8. The lowest BCUT2D eigenvalue weighted by Gasteiger charge is -2.22. The quantitative estimate of drug-likeness (QED) is 0.808. The normalized spacial score (nSPS) is 19.3. The number of carbonyl (C=O) groups is 1. The molecule has 1 aromatic heterocycles. The molecular formula is C12H17N3O3. The number of hydrogen-bond acceptors (Lipinski definition) is 6. The first-order valence-electron chi connectivity index (χ1n) is 6.03. The van der Waals surface area contributed by atoms with Crippen LogP contribution >= 0.6 is 0 Å². The molecule has 1 fully saturated rings. The van der Waals surface area contributed by atoms with Crippen molar-refractivity contribution < 1.29 is 14.3 Å². The molecule has 0 spiro atoms. The fourth-order valence-electron chi connectivity index (χ4n) is 1.86. The lowest BCUT2D eigenvalue weighted by molar-refractivity contribution is 0.0593. The van der Waals surface area contributed by atoms with Crippen LogP contribution in [-0.2, 0) is 9.47 Å². The van der Waals surface area contributed by atoms with E-state index >= 15 is 0 Å². The Morgan fingerprint density at radius 2 is 2.44 bits per heavy atom. The zero-order valence-corrected chi connectivity index (χ0v) is 10.4. The third-order valence-electron chi connectivity index (χ3n) is 2.89. The molecule has 1 N–H and O–H groups in total. The number of nitrogens with one attached hydrogen (secondary N) is 1. The van der Waals surface area contributed by atoms with Crippen LogP contribution in [0.3, 0.4) is 0 Å². The average molecular weight is 251 g/mol. The van der Waals surface area contributed by atoms with E-state index in [2.05, 4.69) is 20.3 Å². The van der Waals surface area contributed by atoms with E-state index in [0.29, 0.717) is 11.7 Å². The van der Waals surface area contributed by atoms with Crippen molar-refractivity contribution in [3.63, 3.8) is 0 Å². The second-order valence-corrected chi connectivity index (χ2v) is 4.26. The van der Waals surface area contributed by atoms with Crippen LogP contribution in [0, 0.1) is 5.92 Å². The van der Waals surface area contributed by atoms with Gasteiger partial charge in [0.05, 0.1) is 13.7 Å². The van der Waals surface area contributed by atoms with Crippen LogP contribution in [0.25, 0.3) is 0 Å². The Morgan fingerprint density at radius 3 is 3.06 bits per heavy atom. The Hall–Kier alpha value is -1.69. The lowest BCUT2D eigenvalue weighted by atomic mass is 10.0. The Balaban J connectivity index is 1.84. The van der Waals surface area contributed by atoms with Crippen LogP contribution in [0.4, 0.5) is 5.82 Å². The number of nitrogens with zero attached hydrogens (tertiary/aromatic N) is 2. The molecule has 1 aliphatic heterocycles. The highest BCUT2D eigenvalue weighted by molar-refractivity contribution is 5.86. The number of ether oxygens (including phenoxy) is 2. The van der Waals surface area contributed by atoms with E-state index in [0.717, 1.165) is 26.2 Å². The summed E-state index contributed by atoms with van der Waals surface area (Å²) in [7, 11) is 1.32.